The highest BCUT2D eigenvalue weighted by Crippen LogP contribution is 2.18. The molecule has 0 amide bonds. The van der Waals surface area contributed by atoms with E-state index in [2.05, 4.69) is 33.9 Å². The maximum atomic E-state index is 5.78. The number of rotatable bonds is 6. The van der Waals surface area contributed by atoms with Gasteiger partial charge >= 0.3 is 6.01 Å². The fourth-order valence-electron chi connectivity index (χ4n) is 3.20. The number of ether oxygens (including phenoxy) is 2. The van der Waals surface area contributed by atoms with Gasteiger partial charge in [-0.25, -0.2) is 0 Å². The second-order valence-electron chi connectivity index (χ2n) is 6.38. The molecule has 122 valence electrons. The Bertz CT molecular complexity index is 425. The lowest BCUT2D eigenvalue weighted by molar-refractivity contribution is 0.184. The van der Waals surface area contributed by atoms with E-state index in [0.717, 1.165) is 13.1 Å². The van der Waals surface area contributed by atoms with E-state index < -0.39 is 0 Å². The Hall–Kier alpha value is -1.40. The Labute approximate surface area is 132 Å². The lowest BCUT2D eigenvalue weighted by Gasteiger charge is -2.20. The molecular weight excluding hydrogens is 280 g/mol. The first-order valence-electron chi connectivity index (χ1n) is 8.20. The minimum absolute atomic E-state index is 0.436. The van der Waals surface area contributed by atoms with Crippen molar-refractivity contribution >= 4 is 0 Å². The maximum Gasteiger partial charge on any atom is 0.316 e. The van der Waals surface area contributed by atoms with Gasteiger partial charge in [0.2, 0.25) is 0 Å². The van der Waals surface area contributed by atoms with Gasteiger partial charge in [0.15, 0.2) is 5.75 Å². The van der Waals surface area contributed by atoms with E-state index in [1.807, 2.05) is 0 Å². The number of likely N-dealkylation sites (N-methyl/N-ethyl adjacent to an activating group) is 2. The highest BCUT2D eigenvalue weighted by Gasteiger charge is 2.22. The third-order valence-corrected chi connectivity index (χ3v) is 4.79. The molecule has 0 N–H and O–H groups in total. The fourth-order valence-corrected chi connectivity index (χ4v) is 3.20. The first kappa shape index (κ1) is 15.5. The highest BCUT2D eigenvalue weighted by atomic mass is 16.5. The summed E-state index contributed by atoms with van der Waals surface area (Å²) < 4.78 is 11.5. The van der Waals surface area contributed by atoms with Gasteiger partial charge < -0.3 is 19.3 Å². The van der Waals surface area contributed by atoms with E-state index in [1.165, 1.54) is 25.7 Å². The van der Waals surface area contributed by atoms with Gasteiger partial charge in [0.05, 0.1) is 12.4 Å². The van der Waals surface area contributed by atoms with Gasteiger partial charge in [-0.1, -0.05) is 0 Å². The second-order valence-corrected chi connectivity index (χ2v) is 6.38. The van der Waals surface area contributed by atoms with E-state index in [4.69, 9.17) is 9.47 Å². The molecule has 2 aliphatic heterocycles. The normalized spacial score (nSPS) is 26.5. The van der Waals surface area contributed by atoms with E-state index in [1.54, 1.807) is 12.4 Å². The Morgan fingerprint density at radius 3 is 2.00 bits per heavy atom. The predicted molar refractivity (Wildman–Crippen MR) is 84.3 cm³/mol. The van der Waals surface area contributed by atoms with E-state index >= 15 is 0 Å². The van der Waals surface area contributed by atoms with E-state index in [0.29, 0.717) is 37.1 Å². The number of aromatic nitrogens is 2. The molecule has 0 radical (unpaired) electrons. The van der Waals surface area contributed by atoms with Crippen LogP contribution in [0, 0.1) is 0 Å². The minimum Gasteiger partial charge on any atom is -0.489 e. The Kier molecular flexibility index (Phi) is 5.10. The summed E-state index contributed by atoms with van der Waals surface area (Å²) in [6, 6.07) is 1.43. The molecule has 0 spiro atoms. The van der Waals surface area contributed by atoms with Crippen LogP contribution in [0.4, 0.5) is 0 Å². The third kappa shape index (κ3) is 3.87. The molecule has 0 saturated carbocycles. The lowest BCUT2D eigenvalue weighted by Crippen LogP contribution is -2.31. The molecule has 2 aliphatic rings. The number of likely N-dealkylation sites (tertiary alicyclic amines) is 2. The lowest BCUT2D eigenvalue weighted by atomic mass is 10.2. The quantitative estimate of drug-likeness (QED) is 0.792. The minimum atomic E-state index is 0.436. The molecule has 0 bridgehead atoms. The molecule has 1 aromatic heterocycles. The molecule has 22 heavy (non-hydrogen) atoms. The fraction of sp³-hybridized carbons (Fsp3) is 0.750. The molecule has 6 heteroatoms. The average Bonchev–Trinajstić information content (AvgIpc) is 3.12. The molecule has 6 nitrogen and oxygen atoms in total. The second kappa shape index (κ2) is 7.24. The van der Waals surface area contributed by atoms with Gasteiger partial charge in [-0.15, -0.1) is 0 Å². The summed E-state index contributed by atoms with van der Waals surface area (Å²) in [7, 11) is 4.29. The molecule has 2 fully saturated rings. The van der Waals surface area contributed by atoms with Crippen molar-refractivity contribution in [2.45, 2.75) is 37.8 Å². The van der Waals surface area contributed by atoms with Crippen LogP contribution in [0.1, 0.15) is 25.7 Å². The molecular formula is C16H26N4O2. The zero-order valence-corrected chi connectivity index (χ0v) is 13.6. The van der Waals surface area contributed by atoms with Crippen molar-refractivity contribution in [3.8, 4) is 11.8 Å². The van der Waals surface area contributed by atoms with Crippen LogP contribution < -0.4 is 9.47 Å². The van der Waals surface area contributed by atoms with Gasteiger partial charge in [-0.2, -0.15) is 9.97 Å². The first-order chi connectivity index (χ1) is 10.7. The van der Waals surface area contributed by atoms with Crippen LogP contribution in [0.15, 0.2) is 12.4 Å². The first-order valence-corrected chi connectivity index (χ1v) is 8.20. The van der Waals surface area contributed by atoms with Crippen LogP contribution in [0.25, 0.3) is 0 Å². The van der Waals surface area contributed by atoms with Gasteiger partial charge in [0.1, 0.15) is 13.2 Å². The molecule has 0 unspecified atom stereocenters. The molecule has 1 aromatic rings. The summed E-state index contributed by atoms with van der Waals surface area (Å²) >= 11 is 0. The largest absolute Gasteiger partial charge is 0.489 e. The van der Waals surface area contributed by atoms with Crippen molar-refractivity contribution in [1.29, 1.82) is 0 Å². The van der Waals surface area contributed by atoms with Crippen molar-refractivity contribution in [2.75, 3.05) is 40.4 Å². The van der Waals surface area contributed by atoms with Crippen molar-refractivity contribution in [1.82, 2.24) is 19.8 Å². The predicted octanol–water partition coefficient (Wildman–Crippen LogP) is 1.42. The topological polar surface area (TPSA) is 50.7 Å². The Balaban J connectivity index is 1.43. The molecule has 2 saturated heterocycles. The smallest absolute Gasteiger partial charge is 0.316 e. The van der Waals surface area contributed by atoms with Crippen molar-refractivity contribution in [2.24, 2.45) is 0 Å². The summed E-state index contributed by atoms with van der Waals surface area (Å²) in [5, 5.41) is 0. The molecule has 2 atom stereocenters. The van der Waals surface area contributed by atoms with Crippen LogP contribution in [0.3, 0.4) is 0 Å². The summed E-state index contributed by atoms with van der Waals surface area (Å²) in [6.07, 6.45) is 8.29. The number of nitrogens with zero attached hydrogens (tertiary/aromatic N) is 4. The molecule has 3 heterocycles. The standard InChI is InChI=1S/C16H26N4O2/c1-19-7-3-5-13(19)11-21-15-9-17-16(18-10-15)22-12-14-6-4-8-20(14)2/h9-10,13-14H,3-8,11-12H2,1-2H3/t13-,14-/m0/s1. The zero-order valence-electron chi connectivity index (χ0n) is 13.6. The Morgan fingerprint density at radius 2 is 1.50 bits per heavy atom. The van der Waals surface area contributed by atoms with Crippen LogP contribution in [-0.4, -0.2) is 72.3 Å². The molecule has 3 rings (SSSR count). The van der Waals surface area contributed by atoms with Gasteiger partial charge in [0, 0.05) is 12.1 Å². The van der Waals surface area contributed by atoms with Crippen molar-refractivity contribution in [3.63, 3.8) is 0 Å². The van der Waals surface area contributed by atoms with E-state index in [-0.39, 0.29) is 0 Å². The summed E-state index contributed by atoms with van der Waals surface area (Å²) in [6.45, 7) is 3.67. The summed E-state index contributed by atoms with van der Waals surface area (Å²) in [5.41, 5.74) is 0. The summed E-state index contributed by atoms with van der Waals surface area (Å²) in [4.78, 5) is 13.1. The third-order valence-electron chi connectivity index (χ3n) is 4.79. The Morgan fingerprint density at radius 1 is 0.955 bits per heavy atom. The highest BCUT2D eigenvalue weighted by molar-refractivity contribution is 5.14. The number of hydrogen-bond donors (Lipinski definition) is 0. The van der Waals surface area contributed by atoms with Crippen molar-refractivity contribution in [3.05, 3.63) is 12.4 Å². The zero-order chi connectivity index (χ0) is 15.4. The van der Waals surface area contributed by atoms with Crippen molar-refractivity contribution < 1.29 is 9.47 Å². The van der Waals surface area contributed by atoms with Crippen LogP contribution in [0.2, 0.25) is 0 Å². The SMILES string of the molecule is CN1CCC[C@H]1COc1cnc(OC[C@@H]2CCCN2C)nc1. The number of hydrogen-bond acceptors (Lipinski definition) is 6. The van der Waals surface area contributed by atoms with Gasteiger partial charge in [-0.05, 0) is 52.9 Å². The summed E-state index contributed by atoms with van der Waals surface area (Å²) in [5.74, 6) is 0.714. The maximum absolute atomic E-state index is 5.78. The monoisotopic (exact) mass is 306 g/mol. The van der Waals surface area contributed by atoms with Crippen LogP contribution in [-0.2, 0) is 0 Å². The molecule has 0 aliphatic carbocycles. The van der Waals surface area contributed by atoms with E-state index in [9.17, 15) is 0 Å². The molecule has 0 aromatic carbocycles. The van der Waals surface area contributed by atoms with Gasteiger partial charge in [-0.3, -0.25) is 0 Å². The van der Waals surface area contributed by atoms with Gasteiger partial charge in [0.25, 0.3) is 0 Å². The average molecular weight is 306 g/mol. The van der Waals surface area contributed by atoms with Crippen LogP contribution in [0.5, 0.6) is 11.8 Å². The van der Waals surface area contributed by atoms with Crippen LogP contribution >= 0.6 is 0 Å².